The van der Waals surface area contributed by atoms with Crippen molar-refractivity contribution >= 4 is 5.91 Å². The highest BCUT2D eigenvalue weighted by Gasteiger charge is 2.08. The third kappa shape index (κ3) is 3.63. The molecule has 0 unspecified atom stereocenters. The molecule has 1 heterocycles. The molecule has 2 rings (SSSR count). The predicted molar refractivity (Wildman–Crippen MR) is 70.3 cm³/mol. The summed E-state index contributed by atoms with van der Waals surface area (Å²) in [6.07, 6.45) is 3.25. The lowest BCUT2D eigenvalue weighted by Gasteiger charge is -2.05. The summed E-state index contributed by atoms with van der Waals surface area (Å²) < 4.78 is 26.0. The fourth-order valence-corrected chi connectivity index (χ4v) is 1.90. The summed E-state index contributed by atoms with van der Waals surface area (Å²) in [6, 6.07) is 2.76. The van der Waals surface area contributed by atoms with E-state index in [0.29, 0.717) is 6.54 Å². The monoisotopic (exact) mass is 279 g/mol. The van der Waals surface area contributed by atoms with Crippen LogP contribution in [0.5, 0.6) is 0 Å². The number of H-pyrrole nitrogens is 1. The van der Waals surface area contributed by atoms with Gasteiger partial charge in [0.25, 0.3) is 5.91 Å². The largest absolute Gasteiger partial charge is 0.352 e. The summed E-state index contributed by atoms with van der Waals surface area (Å²) in [5.74, 6) is -2.00. The minimum atomic E-state index is -0.760. The molecule has 2 N–H and O–H groups in total. The van der Waals surface area contributed by atoms with Gasteiger partial charge in [0, 0.05) is 23.9 Å². The number of hydrogen-bond donors (Lipinski definition) is 2. The second-order valence-electron chi connectivity index (χ2n) is 4.54. The Bertz CT molecular complexity index is 590. The predicted octanol–water partition coefficient (Wildman–Crippen LogP) is 2.36. The Hall–Kier alpha value is -2.24. The van der Waals surface area contributed by atoms with Crippen LogP contribution in [0.15, 0.2) is 24.4 Å². The van der Waals surface area contributed by atoms with Crippen molar-refractivity contribution in [3.63, 3.8) is 0 Å². The van der Waals surface area contributed by atoms with E-state index in [0.717, 1.165) is 42.3 Å². The van der Waals surface area contributed by atoms with Gasteiger partial charge in [-0.25, -0.2) is 8.78 Å². The van der Waals surface area contributed by atoms with Crippen LogP contribution < -0.4 is 5.32 Å². The highest BCUT2D eigenvalue weighted by atomic mass is 19.1. The fourth-order valence-electron chi connectivity index (χ4n) is 1.90. The molecular formula is C14H15F2N3O. The number of rotatable bonds is 5. The Morgan fingerprint density at radius 2 is 2.00 bits per heavy atom. The Labute approximate surface area is 115 Å². The van der Waals surface area contributed by atoms with E-state index in [2.05, 4.69) is 15.5 Å². The minimum absolute atomic E-state index is 0.0120. The number of carbonyl (C=O) groups excluding carboxylic acids is 1. The summed E-state index contributed by atoms with van der Waals surface area (Å²) in [4.78, 5) is 11.7. The van der Waals surface area contributed by atoms with Crippen molar-refractivity contribution in [1.29, 1.82) is 0 Å². The van der Waals surface area contributed by atoms with Crippen LogP contribution in [0.1, 0.15) is 28.0 Å². The van der Waals surface area contributed by atoms with Gasteiger partial charge < -0.3 is 5.32 Å². The first-order valence-corrected chi connectivity index (χ1v) is 6.29. The minimum Gasteiger partial charge on any atom is -0.352 e. The summed E-state index contributed by atoms with van der Waals surface area (Å²) in [6.45, 7) is 2.36. The smallest absolute Gasteiger partial charge is 0.251 e. The lowest BCUT2D eigenvalue weighted by molar-refractivity contribution is 0.0952. The highest BCUT2D eigenvalue weighted by molar-refractivity contribution is 5.94. The van der Waals surface area contributed by atoms with E-state index in [-0.39, 0.29) is 5.56 Å². The zero-order valence-electron chi connectivity index (χ0n) is 11.0. The van der Waals surface area contributed by atoms with Gasteiger partial charge in [0.15, 0.2) is 0 Å². The van der Waals surface area contributed by atoms with Crippen molar-refractivity contribution in [3.8, 4) is 0 Å². The molecule has 0 saturated carbocycles. The van der Waals surface area contributed by atoms with E-state index >= 15 is 0 Å². The molecule has 0 aliphatic carbocycles. The van der Waals surface area contributed by atoms with Crippen molar-refractivity contribution in [2.75, 3.05) is 6.54 Å². The summed E-state index contributed by atoms with van der Waals surface area (Å²) in [5, 5.41) is 9.38. The molecule has 2 aromatic rings. The molecule has 6 heteroatoms. The van der Waals surface area contributed by atoms with Gasteiger partial charge in [0.1, 0.15) is 11.6 Å². The van der Waals surface area contributed by atoms with Gasteiger partial charge in [-0.3, -0.25) is 9.89 Å². The number of halogens is 2. The van der Waals surface area contributed by atoms with Crippen LogP contribution in [0.2, 0.25) is 0 Å². The van der Waals surface area contributed by atoms with Crippen LogP contribution in [0.25, 0.3) is 0 Å². The number of benzene rings is 1. The van der Waals surface area contributed by atoms with Gasteiger partial charge in [-0.05, 0) is 37.5 Å². The molecule has 0 spiro atoms. The maximum Gasteiger partial charge on any atom is 0.251 e. The summed E-state index contributed by atoms with van der Waals surface area (Å²) >= 11 is 0. The molecule has 0 atom stereocenters. The van der Waals surface area contributed by atoms with E-state index < -0.39 is 17.5 Å². The fraction of sp³-hybridized carbons (Fsp3) is 0.286. The Kier molecular flexibility index (Phi) is 4.45. The molecular weight excluding hydrogens is 264 g/mol. The SMILES string of the molecule is Cc1[nH]ncc1CCCNC(=O)c1cc(F)cc(F)c1. The zero-order valence-corrected chi connectivity index (χ0v) is 11.0. The second kappa shape index (κ2) is 6.27. The Morgan fingerprint density at radius 1 is 1.30 bits per heavy atom. The standard InChI is InChI=1S/C14H15F2N3O/c1-9-10(8-18-19-9)3-2-4-17-14(20)11-5-12(15)7-13(16)6-11/h5-8H,2-4H2,1H3,(H,17,20)(H,18,19). The van der Waals surface area contributed by atoms with Gasteiger partial charge in [-0.1, -0.05) is 0 Å². The Morgan fingerprint density at radius 3 is 2.60 bits per heavy atom. The van der Waals surface area contributed by atoms with Gasteiger partial charge in [0.2, 0.25) is 0 Å². The van der Waals surface area contributed by atoms with Crippen LogP contribution in [0, 0.1) is 18.6 Å². The number of aryl methyl sites for hydroxylation is 2. The maximum absolute atomic E-state index is 13.0. The molecule has 0 radical (unpaired) electrons. The molecule has 0 saturated heterocycles. The number of aromatic nitrogens is 2. The van der Waals surface area contributed by atoms with Crippen LogP contribution in [0.4, 0.5) is 8.78 Å². The van der Waals surface area contributed by atoms with Crippen LogP contribution in [0.3, 0.4) is 0 Å². The molecule has 106 valence electrons. The molecule has 0 bridgehead atoms. The molecule has 20 heavy (non-hydrogen) atoms. The number of amides is 1. The summed E-state index contributed by atoms with van der Waals surface area (Å²) in [5.41, 5.74) is 2.08. The van der Waals surface area contributed by atoms with Crippen molar-refractivity contribution in [3.05, 3.63) is 52.9 Å². The number of nitrogens with zero attached hydrogens (tertiary/aromatic N) is 1. The number of carbonyl (C=O) groups is 1. The highest BCUT2D eigenvalue weighted by Crippen LogP contribution is 2.08. The quantitative estimate of drug-likeness (QED) is 0.825. The zero-order chi connectivity index (χ0) is 14.5. The summed E-state index contributed by atoms with van der Waals surface area (Å²) in [7, 11) is 0. The normalized spacial score (nSPS) is 10.6. The number of nitrogens with one attached hydrogen (secondary N) is 2. The van der Waals surface area contributed by atoms with E-state index in [1.54, 1.807) is 6.20 Å². The van der Waals surface area contributed by atoms with E-state index in [9.17, 15) is 13.6 Å². The van der Waals surface area contributed by atoms with Gasteiger partial charge in [0.05, 0.1) is 6.20 Å². The molecule has 1 amide bonds. The second-order valence-corrected chi connectivity index (χ2v) is 4.54. The van der Waals surface area contributed by atoms with Crippen LogP contribution in [-0.4, -0.2) is 22.6 Å². The third-order valence-electron chi connectivity index (χ3n) is 2.97. The van der Waals surface area contributed by atoms with E-state index in [1.165, 1.54) is 0 Å². The molecule has 4 nitrogen and oxygen atoms in total. The lowest BCUT2D eigenvalue weighted by Crippen LogP contribution is -2.25. The molecule has 1 aromatic carbocycles. The maximum atomic E-state index is 13.0. The molecule has 0 fully saturated rings. The van der Waals surface area contributed by atoms with E-state index in [4.69, 9.17) is 0 Å². The average Bonchev–Trinajstić information content (AvgIpc) is 2.79. The third-order valence-corrected chi connectivity index (χ3v) is 2.97. The first-order chi connectivity index (χ1) is 9.56. The average molecular weight is 279 g/mol. The molecule has 1 aromatic heterocycles. The van der Waals surface area contributed by atoms with Gasteiger partial charge in [-0.15, -0.1) is 0 Å². The molecule has 0 aliphatic rings. The Balaban J connectivity index is 1.82. The first kappa shape index (κ1) is 14.2. The number of hydrogen-bond acceptors (Lipinski definition) is 2. The van der Waals surface area contributed by atoms with Crippen molar-refractivity contribution in [1.82, 2.24) is 15.5 Å². The van der Waals surface area contributed by atoms with E-state index in [1.807, 2.05) is 6.92 Å². The lowest BCUT2D eigenvalue weighted by atomic mass is 10.1. The topological polar surface area (TPSA) is 57.8 Å². The van der Waals surface area contributed by atoms with Crippen molar-refractivity contribution < 1.29 is 13.6 Å². The first-order valence-electron chi connectivity index (χ1n) is 6.29. The number of aromatic amines is 1. The van der Waals surface area contributed by atoms with Crippen LogP contribution in [-0.2, 0) is 6.42 Å². The van der Waals surface area contributed by atoms with Crippen molar-refractivity contribution in [2.24, 2.45) is 0 Å². The van der Waals surface area contributed by atoms with Crippen molar-refractivity contribution in [2.45, 2.75) is 19.8 Å². The van der Waals surface area contributed by atoms with Crippen LogP contribution >= 0.6 is 0 Å². The van der Waals surface area contributed by atoms with Gasteiger partial charge in [-0.2, -0.15) is 5.10 Å². The van der Waals surface area contributed by atoms with Gasteiger partial charge >= 0.3 is 0 Å². The molecule has 0 aliphatic heterocycles.